The normalized spacial score (nSPS) is 12.4. The summed E-state index contributed by atoms with van der Waals surface area (Å²) in [6, 6.07) is 0.396. The third-order valence-electron chi connectivity index (χ3n) is 2.99. The minimum Gasteiger partial charge on any atom is -0.366 e. The van der Waals surface area contributed by atoms with E-state index >= 15 is 0 Å². The summed E-state index contributed by atoms with van der Waals surface area (Å²) in [6.45, 7) is 10.8. The van der Waals surface area contributed by atoms with Crippen LogP contribution in [0.5, 0.6) is 0 Å². The van der Waals surface area contributed by atoms with Crippen LogP contribution < -0.4 is 10.6 Å². The van der Waals surface area contributed by atoms with Gasteiger partial charge >= 0.3 is 0 Å². The number of hydrogen-bond donors (Lipinski definition) is 2. The van der Waals surface area contributed by atoms with Gasteiger partial charge in [0, 0.05) is 12.6 Å². The molecule has 5 heteroatoms. The van der Waals surface area contributed by atoms with Gasteiger partial charge in [0.25, 0.3) is 0 Å². The van der Waals surface area contributed by atoms with Crippen LogP contribution in [0.15, 0.2) is 18.0 Å². The number of aromatic nitrogens is 2. The lowest BCUT2D eigenvalue weighted by Crippen LogP contribution is -2.15. The van der Waals surface area contributed by atoms with Crippen molar-refractivity contribution in [3.05, 3.63) is 23.6 Å². The first-order chi connectivity index (χ1) is 9.15. The number of aryl methyl sites for hydroxylation is 1. The Morgan fingerprint density at radius 3 is 2.95 bits per heavy atom. The highest BCUT2D eigenvalue weighted by atomic mass is 32.1. The number of hydrogen-bond acceptors (Lipinski definition) is 5. The van der Waals surface area contributed by atoms with Gasteiger partial charge in [-0.3, -0.25) is 0 Å². The molecule has 4 nitrogen and oxygen atoms in total. The fraction of sp³-hybridized carbons (Fsp3) is 0.429. The standard InChI is InChI=1S/C14H20N4S/c1-5-7-15-14-17-11-9(3)8-19-12(11)13(18-14)16-10(4)6-2/h5,8,10H,1,6-7H2,2-4H3,(H2,15,16,17,18)/t10-/m0/s1. The van der Waals surface area contributed by atoms with Gasteiger partial charge in [0.2, 0.25) is 5.95 Å². The SMILES string of the molecule is C=CCNc1nc(N[C@@H](C)CC)c2scc(C)c2n1. The Hall–Kier alpha value is -1.62. The van der Waals surface area contributed by atoms with Gasteiger partial charge in [-0.15, -0.1) is 17.9 Å². The Morgan fingerprint density at radius 2 is 2.26 bits per heavy atom. The summed E-state index contributed by atoms with van der Waals surface area (Å²) in [5.74, 6) is 1.57. The van der Waals surface area contributed by atoms with E-state index in [2.05, 4.69) is 53.3 Å². The fourth-order valence-corrected chi connectivity index (χ4v) is 2.65. The van der Waals surface area contributed by atoms with Gasteiger partial charge in [-0.1, -0.05) is 13.0 Å². The molecule has 2 aromatic heterocycles. The van der Waals surface area contributed by atoms with Crippen LogP contribution in [0.3, 0.4) is 0 Å². The third kappa shape index (κ3) is 3.04. The number of rotatable bonds is 6. The van der Waals surface area contributed by atoms with Crippen LogP contribution in [-0.4, -0.2) is 22.6 Å². The summed E-state index contributed by atoms with van der Waals surface area (Å²) < 4.78 is 1.13. The van der Waals surface area contributed by atoms with E-state index < -0.39 is 0 Å². The first kappa shape index (κ1) is 13.8. The van der Waals surface area contributed by atoms with Crippen molar-refractivity contribution in [2.45, 2.75) is 33.2 Å². The zero-order chi connectivity index (χ0) is 13.8. The molecule has 0 aliphatic carbocycles. The maximum absolute atomic E-state index is 4.57. The van der Waals surface area contributed by atoms with E-state index in [9.17, 15) is 0 Å². The minimum atomic E-state index is 0.396. The van der Waals surface area contributed by atoms with Crippen molar-refractivity contribution in [2.75, 3.05) is 17.2 Å². The molecule has 0 saturated heterocycles. The lowest BCUT2D eigenvalue weighted by Gasteiger charge is -2.14. The minimum absolute atomic E-state index is 0.396. The van der Waals surface area contributed by atoms with Gasteiger partial charge in [0.05, 0.1) is 10.2 Å². The molecule has 1 atom stereocenters. The second kappa shape index (κ2) is 6.02. The lowest BCUT2D eigenvalue weighted by atomic mass is 10.2. The molecular weight excluding hydrogens is 256 g/mol. The predicted molar refractivity (Wildman–Crippen MR) is 84.2 cm³/mol. The highest BCUT2D eigenvalue weighted by Crippen LogP contribution is 2.31. The second-order valence-corrected chi connectivity index (χ2v) is 5.50. The molecule has 0 amide bonds. The molecular formula is C14H20N4S. The van der Waals surface area contributed by atoms with Crippen LogP contribution in [0.25, 0.3) is 10.2 Å². The van der Waals surface area contributed by atoms with Gasteiger partial charge in [-0.25, -0.2) is 4.98 Å². The third-order valence-corrected chi connectivity index (χ3v) is 4.09. The summed E-state index contributed by atoms with van der Waals surface area (Å²) in [5.41, 5.74) is 2.22. The van der Waals surface area contributed by atoms with Gasteiger partial charge in [-0.2, -0.15) is 4.98 Å². The van der Waals surface area contributed by atoms with Gasteiger partial charge in [0.15, 0.2) is 0 Å². The van der Waals surface area contributed by atoms with Crippen LogP contribution in [0.1, 0.15) is 25.8 Å². The van der Waals surface area contributed by atoms with E-state index in [0.29, 0.717) is 18.5 Å². The quantitative estimate of drug-likeness (QED) is 0.788. The maximum atomic E-state index is 4.57. The average Bonchev–Trinajstić information content (AvgIpc) is 2.78. The van der Waals surface area contributed by atoms with Crippen LogP contribution in [-0.2, 0) is 0 Å². The highest BCUT2D eigenvalue weighted by Gasteiger charge is 2.12. The first-order valence-corrected chi connectivity index (χ1v) is 7.40. The van der Waals surface area contributed by atoms with E-state index in [1.165, 1.54) is 5.56 Å². The number of fused-ring (bicyclic) bond motifs is 1. The number of thiophene rings is 1. The van der Waals surface area contributed by atoms with Crippen molar-refractivity contribution in [1.82, 2.24) is 9.97 Å². The monoisotopic (exact) mass is 276 g/mol. The zero-order valence-corrected chi connectivity index (χ0v) is 12.5. The molecule has 2 aromatic rings. The number of nitrogens with zero attached hydrogens (tertiary/aromatic N) is 2. The topological polar surface area (TPSA) is 49.8 Å². The van der Waals surface area contributed by atoms with Crippen molar-refractivity contribution < 1.29 is 0 Å². The molecule has 0 aliphatic rings. The smallest absolute Gasteiger partial charge is 0.225 e. The summed E-state index contributed by atoms with van der Waals surface area (Å²) in [6.07, 6.45) is 2.86. The molecule has 0 spiro atoms. The number of anilines is 2. The fourth-order valence-electron chi connectivity index (χ4n) is 1.71. The Labute approximate surface area is 118 Å². The summed E-state index contributed by atoms with van der Waals surface area (Å²) in [4.78, 5) is 9.14. The van der Waals surface area contributed by atoms with Crippen molar-refractivity contribution in [1.29, 1.82) is 0 Å². The summed E-state index contributed by atoms with van der Waals surface area (Å²) in [7, 11) is 0. The Morgan fingerprint density at radius 1 is 1.47 bits per heavy atom. The highest BCUT2D eigenvalue weighted by molar-refractivity contribution is 7.18. The second-order valence-electron chi connectivity index (χ2n) is 4.62. The van der Waals surface area contributed by atoms with Crippen molar-refractivity contribution >= 4 is 33.3 Å². The molecule has 0 aliphatic heterocycles. The first-order valence-electron chi connectivity index (χ1n) is 6.52. The molecule has 2 heterocycles. The number of nitrogens with one attached hydrogen (secondary N) is 2. The van der Waals surface area contributed by atoms with Crippen LogP contribution in [0.4, 0.5) is 11.8 Å². The molecule has 0 saturated carbocycles. The van der Waals surface area contributed by atoms with E-state index in [-0.39, 0.29) is 0 Å². The molecule has 0 aromatic carbocycles. The van der Waals surface area contributed by atoms with Gasteiger partial charge in [0.1, 0.15) is 5.82 Å². The van der Waals surface area contributed by atoms with Crippen molar-refractivity contribution in [3.8, 4) is 0 Å². The predicted octanol–water partition coefficient (Wildman–Crippen LogP) is 3.81. The Balaban J connectivity index is 2.43. The van der Waals surface area contributed by atoms with E-state index in [1.54, 1.807) is 17.4 Å². The van der Waals surface area contributed by atoms with Crippen molar-refractivity contribution in [2.24, 2.45) is 0 Å². The average molecular weight is 276 g/mol. The van der Waals surface area contributed by atoms with E-state index in [4.69, 9.17) is 0 Å². The molecule has 2 N–H and O–H groups in total. The largest absolute Gasteiger partial charge is 0.366 e. The zero-order valence-electron chi connectivity index (χ0n) is 11.7. The maximum Gasteiger partial charge on any atom is 0.225 e. The molecule has 19 heavy (non-hydrogen) atoms. The Kier molecular flexibility index (Phi) is 4.37. The van der Waals surface area contributed by atoms with Gasteiger partial charge < -0.3 is 10.6 Å². The van der Waals surface area contributed by atoms with Crippen molar-refractivity contribution in [3.63, 3.8) is 0 Å². The lowest BCUT2D eigenvalue weighted by molar-refractivity contribution is 0.760. The molecule has 2 rings (SSSR count). The molecule has 0 bridgehead atoms. The molecule has 0 fully saturated rings. The van der Waals surface area contributed by atoms with Gasteiger partial charge in [-0.05, 0) is 31.2 Å². The molecule has 102 valence electrons. The van der Waals surface area contributed by atoms with Crippen LogP contribution >= 0.6 is 11.3 Å². The van der Waals surface area contributed by atoms with E-state index in [1.807, 2.05) is 0 Å². The molecule has 0 radical (unpaired) electrons. The summed E-state index contributed by atoms with van der Waals surface area (Å²) in [5, 5.41) is 8.74. The summed E-state index contributed by atoms with van der Waals surface area (Å²) >= 11 is 1.69. The molecule has 0 unspecified atom stereocenters. The van der Waals surface area contributed by atoms with E-state index in [0.717, 1.165) is 22.5 Å². The van der Waals surface area contributed by atoms with Crippen LogP contribution in [0, 0.1) is 6.92 Å². The van der Waals surface area contributed by atoms with Crippen LogP contribution in [0.2, 0.25) is 0 Å². The Bertz CT molecular complexity index is 576.